The van der Waals surface area contributed by atoms with Crippen LogP contribution in [0.2, 0.25) is 0 Å². The van der Waals surface area contributed by atoms with E-state index in [1.807, 2.05) is 30.3 Å². The molecule has 0 spiro atoms. The standard InChI is InChI=1S/C14H15.C5H5.Fe/c1-2-7-13(8-3-1)11-6-12-14-9-4-5-10-14;1-2-4-5-3-1;/h1-5,7-10H,6,11-12H2;1-5H;/q2*-1;+2. The van der Waals surface area contributed by atoms with Crippen molar-refractivity contribution in [3.8, 4) is 0 Å². The number of hydrogen-bond acceptors (Lipinski definition) is 0. The van der Waals surface area contributed by atoms with Crippen LogP contribution in [0, 0.1) is 0 Å². The zero-order valence-corrected chi connectivity index (χ0v) is 12.7. The monoisotopic (exact) mass is 304 g/mol. The van der Waals surface area contributed by atoms with E-state index in [0.29, 0.717) is 0 Å². The van der Waals surface area contributed by atoms with E-state index in [-0.39, 0.29) is 17.1 Å². The van der Waals surface area contributed by atoms with E-state index in [4.69, 9.17) is 0 Å². The van der Waals surface area contributed by atoms with Crippen molar-refractivity contribution < 1.29 is 17.1 Å². The molecule has 0 aliphatic carbocycles. The summed E-state index contributed by atoms with van der Waals surface area (Å²) in [5, 5.41) is 0. The molecule has 20 heavy (non-hydrogen) atoms. The van der Waals surface area contributed by atoms with Gasteiger partial charge < -0.3 is 0 Å². The van der Waals surface area contributed by atoms with E-state index >= 15 is 0 Å². The molecule has 0 atom stereocenters. The maximum Gasteiger partial charge on any atom is 2.00 e. The first-order valence-corrected chi connectivity index (χ1v) is 6.86. The van der Waals surface area contributed by atoms with Crippen LogP contribution in [0.15, 0.2) is 84.9 Å². The van der Waals surface area contributed by atoms with E-state index in [9.17, 15) is 0 Å². The first kappa shape index (κ1) is 16.5. The largest absolute Gasteiger partial charge is 2.00 e. The Hall–Kier alpha value is -1.56. The van der Waals surface area contributed by atoms with Crippen LogP contribution in [0.4, 0.5) is 0 Å². The fourth-order valence-corrected chi connectivity index (χ4v) is 2.04. The van der Waals surface area contributed by atoms with Crippen molar-refractivity contribution in [1.29, 1.82) is 0 Å². The molecule has 0 aromatic heterocycles. The minimum atomic E-state index is 0. The number of benzene rings is 1. The van der Waals surface area contributed by atoms with Gasteiger partial charge in [0.05, 0.1) is 0 Å². The number of aryl methyl sites for hydroxylation is 2. The summed E-state index contributed by atoms with van der Waals surface area (Å²) in [6.45, 7) is 0. The van der Waals surface area contributed by atoms with E-state index in [2.05, 4.69) is 54.6 Å². The summed E-state index contributed by atoms with van der Waals surface area (Å²) in [5.74, 6) is 0. The Labute approximate surface area is 132 Å². The predicted octanol–water partition coefficient (Wildman–Crippen LogP) is 4.98. The average molecular weight is 304 g/mol. The van der Waals surface area contributed by atoms with Gasteiger partial charge >= 0.3 is 17.1 Å². The zero-order chi connectivity index (χ0) is 13.2. The van der Waals surface area contributed by atoms with Crippen LogP contribution in [0.5, 0.6) is 0 Å². The molecule has 1 heteroatoms. The van der Waals surface area contributed by atoms with Crippen molar-refractivity contribution in [2.45, 2.75) is 19.3 Å². The van der Waals surface area contributed by atoms with Crippen molar-refractivity contribution in [2.75, 3.05) is 0 Å². The minimum absolute atomic E-state index is 0. The van der Waals surface area contributed by atoms with Gasteiger partial charge in [-0.15, -0.1) is 0 Å². The SMILES string of the molecule is [Fe+2].c1cc[cH-]c1.c1ccc(CCC[c-]2cccc2)cc1. The third-order valence-electron chi connectivity index (χ3n) is 3.06. The van der Waals surface area contributed by atoms with Gasteiger partial charge in [0.2, 0.25) is 0 Å². The van der Waals surface area contributed by atoms with Gasteiger partial charge in [-0.1, -0.05) is 43.2 Å². The molecule has 0 saturated heterocycles. The van der Waals surface area contributed by atoms with E-state index in [0.717, 1.165) is 0 Å². The van der Waals surface area contributed by atoms with Gasteiger partial charge in [0, 0.05) is 0 Å². The fraction of sp³-hybridized carbons (Fsp3) is 0.158. The second kappa shape index (κ2) is 10.3. The Balaban J connectivity index is 0.000000283. The van der Waals surface area contributed by atoms with E-state index in [1.165, 1.54) is 30.4 Å². The molecule has 0 heterocycles. The third kappa shape index (κ3) is 6.56. The Kier molecular flexibility index (Phi) is 8.46. The molecule has 3 aromatic carbocycles. The summed E-state index contributed by atoms with van der Waals surface area (Å²) >= 11 is 0. The van der Waals surface area contributed by atoms with Gasteiger partial charge in [0.15, 0.2) is 0 Å². The Bertz CT molecular complexity index is 489. The van der Waals surface area contributed by atoms with Gasteiger partial charge in [0.25, 0.3) is 0 Å². The minimum Gasteiger partial charge on any atom is -0.214 e. The molecule has 0 unspecified atom stereocenters. The van der Waals surface area contributed by atoms with Crippen molar-refractivity contribution in [1.82, 2.24) is 0 Å². The smallest absolute Gasteiger partial charge is 0.214 e. The van der Waals surface area contributed by atoms with Crippen LogP contribution in [-0.2, 0) is 29.9 Å². The molecule has 3 aromatic rings. The summed E-state index contributed by atoms with van der Waals surface area (Å²) in [7, 11) is 0. The van der Waals surface area contributed by atoms with Crippen molar-refractivity contribution in [3.63, 3.8) is 0 Å². The molecule has 0 aliphatic heterocycles. The van der Waals surface area contributed by atoms with Crippen LogP contribution < -0.4 is 0 Å². The first-order valence-electron chi connectivity index (χ1n) is 6.86. The first-order chi connectivity index (χ1) is 9.45. The van der Waals surface area contributed by atoms with E-state index < -0.39 is 0 Å². The normalized spacial score (nSPS) is 9.20. The van der Waals surface area contributed by atoms with Gasteiger partial charge in [-0.3, -0.25) is 0 Å². The summed E-state index contributed by atoms with van der Waals surface area (Å²) in [6, 6.07) is 29.3. The average Bonchev–Trinajstić information content (AvgIpc) is 3.16. The third-order valence-corrected chi connectivity index (χ3v) is 3.06. The maximum atomic E-state index is 2.20. The predicted molar refractivity (Wildman–Crippen MR) is 82.5 cm³/mol. The van der Waals surface area contributed by atoms with Gasteiger partial charge in [-0.25, -0.2) is 24.3 Å². The van der Waals surface area contributed by atoms with Crippen molar-refractivity contribution in [3.05, 3.63) is 96.1 Å². The Morgan fingerprint density at radius 1 is 0.800 bits per heavy atom. The molecule has 0 nitrogen and oxygen atoms in total. The number of hydrogen-bond donors (Lipinski definition) is 0. The molecule has 0 radical (unpaired) electrons. The zero-order valence-electron chi connectivity index (χ0n) is 11.6. The molecule has 0 amide bonds. The second-order valence-corrected chi connectivity index (χ2v) is 4.59. The molecule has 3 rings (SSSR count). The molecule has 0 saturated carbocycles. The van der Waals surface area contributed by atoms with Crippen LogP contribution >= 0.6 is 0 Å². The van der Waals surface area contributed by atoms with Gasteiger partial charge in [-0.05, 0) is 12.0 Å². The summed E-state index contributed by atoms with van der Waals surface area (Å²) in [4.78, 5) is 0. The topological polar surface area (TPSA) is 0 Å². The summed E-state index contributed by atoms with van der Waals surface area (Å²) in [5.41, 5.74) is 2.90. The molecular formula is C19H20Fe. The molecular weight excluding hydrogens is 284 g/mol. The Morgan fingerprint density at radius 2 is 1.45 bits per heavy atom. The maximum absolute atomic E-state index is 2.20. The molecule has 0 aliphatic rings. The van der Waals surface area contributed by atoms with Gasteiger partial charge in [0.1, 0.15) is 0 Å². The molecule has 104 valence electrons. The quantitative estimate of drug-likeness (QED) is 0.471. The molecule has 0 bridgehead atoms. The molecule has 0 N–H and O–H groups in total. The van der Waals surface area contributed by atoms with Crippen LogP contribution in [-0.4, -0.2) is 0 Å². The second-order valence-electron chi connectivity index (χ2n) is 4.59. The van der Waals surface area contributed by atoms with Crippen molar-refractivity contribution in [2.24, 2.45) is 0 Å². The summed E-state index contributed by atoms with van der Waals surface area (Å²) in [6.07, 6.45) is 3.63. The van der Waals surface area contributed by atoms with Crippen molar-refractivity contribution >= 4 is 0 Å². The number of rotatable bonds is 4. The fourth-order valence-electron chi connectivity index (χ4n) is 2.04. The molecule has 0 fully saturated rings. The van der Waals surface area contributed by atoms with Crippen LogP contribution in [0.25, 0.3) is 0 Å². The van der Waals surface area contributed by atoms with Crippen LogP contribution in [0.3, 0.4) is 0 Å². The van der Waals surface area contributed by atoms with Gasteiger partial charge in [-0.2, -0.15) is 35.9 Å². The van der Waals surface area contributed by atoms with Crippen LogP contribution in [0.1, 0.15) is 17.5 Å². The summed E-state index contributed by atoms with van der Waals surface area (Å²) < 4.78 is 0. The Morgan fingerprint density at radius 3 is 2.00 bits per heavy atom. The van der Waals surface area contributed by atoms with E-state index in [1.54, 1.807) is 0 Å².